The lowest BCUT2D eigenvalue weighted by Gasteiger charge is -2.65. The third-order valence-electron chi connectivity index (χ3n) is 9.11. The van der Waals surface area contributed by atoms with Gasteiger partial charge in [0, 0.05) is 11.3 Å². The summed E-state index contributed by atoms with van der Waals surface area (Å²) < 4.78 is 6.36. The van der Waals surface area contributed by atoms with Gasteiger partial charge in [0.05, 0.1) is 5.41 Å². The second-order valence-electron chi connectivity index (χ2n) is 9.53. The van der Waals surface area contributed by atoms with Gasteiger partial charge in [-0.05, 0) is 76.0 Å². The van der Waals surface area contributed by atoms with Crippen LogP contribution in [0, 0.1) is 28.1 Å². The number of esters is 1. The van der Waals surface area contributed by atoms with E-state index in [1.807, 2.05) is 0 Å². The summed E-state index contributed by atoms with van der Waals surface area (Å²) in [7, 11) is 0. The first-order valence-electron chi connectivity index (χ1n) is 9.28. The Morgan fingerprint density at radius 3 is 2.77 bits per heavy atom. The van der Waals surface area contributed by atoms with E-state index in [1.165, 1.54) is 44.1 Å². The zero-order chi connectivity index (χ0) is 15.4. The van der Waals surface area contributed by atoms with Crippen LogP contribution in [-0.4, -0.2) is 11.6 Å². The molecule has 0 unspecified atom stereocenters. The minimum Gasteiger partial charge on any atom is -0.458 e. The first kappa shape index (κ1) is 13.6. The van der Waals surface area contributed by atoms with Gasteiger partial charge in [0.25, 0.3) is 0 Å². The van der Waals surface area contributed by atoms with Crippen molar-refractivity contribution in [2.75, 3.05) is 0 Å². The number of fused-ring (bicyclic) bond motifs is 1. The minimum absolute atomic E-state index is 0.118. The summed E-state index contributed by atoms with van der Waals surface area (Å²) in [5.41, 5.74) is 1.67. The molecular weight excluding hydrogens is 272 g/mol. The molecule has 0 aromatic carbocycles. The first-order chi connectivity index (χ1) is 10.4. The number of carbonyl (C=O) groups excluding carboxylic acids is 1. The number of rotatable bonds is 0. The Balaban J connectivity index is 1.69. The van der Waals surface area contributed by atoms with Crippen LogP contribution < -0.4 is 0 Å². The van der Waals surface area contributed by atoms with Crippen LogP contribution in [-0.2, 0) is 9.53 Å². The van der Waals surface area contributed by atoms with Gasteiger partial charge in [-0.3, -0.25) is 4.79 Å². The quantitative estimate of drug-likeness (QED) is 0.481. The molecule has 4 saturated carbocycles. The van der Waals surface area contributed by atoms with Gasteiger partial charge in [-0.1, -0.05) is 19.1 Å². The van der Waals surface area contributed by atoms with Crippen molar-refractivity contribution in [3.8, 4) is 0 Å². The van der Waals surface area contributed by atoms with E-state index >= 15 is 0 Å². The van der Waals surface area contributed by atoms with Crippen LogP contribution in [0.4, 0.5) is 0 Å². The van der Waals surface area contributed by atoms with Crippen molar-refractivity contribution in [1.82, 2.24) is 0 Å². The molecule has 1 aliphatic heterocycles. The molecule has 2 heteroatoms. The average molecular weight is 300 g/mol. The first-order valence-corrected chi connectivity index (χ1v) is 9.28. The number of carbonyl (C=O) groups is 1. The number of allylic oxidation sites excluding steroid dienone is 1. The highest BCUT2D eigenvalue weighted by atomic mass is 16.6. The van der Waals surface area contributed by atoms with E-state index < -0.39 is 0 Å². The molecule has 4 bridgehead atoms. The Morgan fingerprint density at radius 1 is 1.14 bits per heavy atom. The summed E-state index contributed by atoms with van der Waals surface area (Å²) in [6, 6.07) is 0. The van der Waals surface area contributed by atoms with Gasteiger partial charge >= 0.3 is 5.97 Å². The largest absolute Gasteiger partial charge is 0.458 e. The zero-order valence-corrected chi connectivity index (χ0v) is 14.0. The minimum atomic E-state index is -0.199. The van der Waals surface area contributed by atoms with Crippen LogP contribution in [0.25, 0.3) is 0 Å². The molecule has 5 rings (SSSR count). The normalized spacial score (nSPS) is 59.0. The van der Waals surface area contributed by atoms with Gasteiger partial charge in [-0.25, -0.2) is 0 Å². The molecule has 0 N–H and O–H groups in total. The Hall–Kier alpha value is -0.790. The maximum Gasteiger partial charge on any atom is 0.312 e. The Morgan fingerprint density at radius 2 is 1.95 bits per heavy atom. The highest BCUT2D eigenvalue weighted by Gasteiger charge is 2.77. The van der Waals surface area contributed by atoms with Crippen LogP contribution in [0.15, 0.2) is 12.2 Å². The van der Waals surface area contributed by atoms with E-state index in [9.17, 15) is 4.79 Å². The molecule has 22 heavy (non-hydrogen) atoms. The molecule has 0 aromatic rings. The summed E-state index contributed by atoms with van der Waals surface area (Å²) in [4.78, 5) is 12.8. The van der Waals surface area contributed by atoms with Crippen molar-refractivity contribution in [2.24, 2.45) is 28.1 Å². The molecule has 0 aromatic heterocycles. The van der Waals surface area contributed by atoms with Crippen molar-refractivity contribution in [3.05, 3.63) is 12.2 Å². The summed E-state index contributed by atoms with van der Waals surface area (Å²) >= 11 is 0. The van der Waals surface area contributed by atoms with Gasteiger partial charge in [0.1, 0.15) is 5.60 Å². The average Bonchev–Trinajstić information content (AvgIpc) is 2.80. The van der Waals surface area contributed by atoms with Crippen molar-refractivity contribution in [2.45, 2.75) is 77.2 Å². The van der Waals surface area contributed by atoms with Crippen LogP contribution in [0.2, 0.25) is 0 Å². The summed E-state index contributed by atoms with van der Waals surface area (Å²) in [5.74, 6) is 1.32. The molecule has 5 aliphatic rings. The lowest BCUT2D eigenvalue weighted by atomic mass is 9.40. The molecule has 4 aliphatic carbocycles. The van der Waals surface area contributed by atoms with Crippen LogP contribution in [0.5, 0.6) is 0 Å². The zero-order valence-electron chi connectivity index (χ0n) is 14.0. The Labute approximate surface area is 133 Å². The van der Waals surface area contributed by atoms with Gasteiger partial charge in [-0.15, -0.1) is 0 Å². The fourth-order valence-electron chi connectivity index (χ4n) is 7.82. The van der Waals surface area contributed by atoms with Crippen LogP contribution in [0.3, 0.4) is 0 Å². The second kappa shape index (κ2) is 3.65. The fraction of sp³-hybridized carbons (Fsp3) is 0.850. The number of hydrogen-bond acceptors (Lipinski definition) is 2. The van der Waals surface area contributed by atoms with Gasteiger partial charge < -0.3 is 4.74 Å². The van der Waals surface area contributed by atoms with Gasteiger partial charge in [-0.2, -0.15) is 0 Å². The third-order valence-corrected chi connectivity index (χ3v) is 9.11. The SMILES string of the molecule is C=C1C[C@]23CC[C@H]4[C@]5(C)CCC[C@]4(OC5=O)[C@]2(C)CC[C@H]1C3. The summed E-state index contributed by atoms with van der Waals surface area (Å²) in [6.45, 7) is 9.08. The van der Waals surface area contributed by atoms with E-state index in [4.69, 9.17) is 4.74 Å². The predicted molar refractivity (Wildman–Crippen MR) is 85.1 cm³/mol. The summed E-state index contributed by atoms with van der Waals surface area (Å²) in [6.07, 6.45) is 10.8. The summed E-state index contributed by atoms with van der Waals surface area (Å²) in [5, 5.41) is 0. The van der Waals surface area contributed by atoms with Crippen molar-refractivity contribution in [1.29, 1.82) is 0 Å². The maximum absolute atomic E-state index is 12.8. The molecule has 1 heterocycles. The lowest BCUT2D eigenvalue weighted by Crippen LogP contribution is -2.65. The van der Waals surface area contributed by atoms with Crippen LogP contribution in [0.1, 0.15) is 71.6 Å². The van der Waals surface area contributed by atoms with E-state index in [-0.39, 0.29) is 22.4 Å². The van der Waals surface area contributed by atoms with Crippen molar-refractivity contribution >= 4 is 5.97 Å². The molecule has 0 radical (unpaired) electrons. The molecule has 6 atom stereocenters. The predicted octanol–water partition coefficient (Wildman–Crippen LogP) is 4.63. The van der Waals surface area contributed by atoms with Crippen molar-refractivity contribution in [3.63, 3.8) is 0 Å². The monoisotopic (exact) mass is 300 g/mol. The van der Waals surface area contributed by atoms with E-state index in [0.29, 0.717) is 11.3 Å². The van der Waals surface area contributed by atoms with Gasteiger partial charge in [0.2, 0.25) is 0 Å². The molecule has 1 spiro atoms. The standard InChI is InChI=1S/C20H28O2/c1-13-11-19-10-6-15-17(2)7-4-8-20(15,22-16(17)21)18(19,3)9-5-14(13)12-19/h14-15H,1,4-12H2,2-3H3/t14-,15-,17-,18+,19-,20+/m0/s1. The lowest BCUT2D eigenvalue weighted by molar-refractivity contribution is -0.224. The van der Waals surface area contributed by atoms with E-state index in [0.717, 1.165) is 25.2 Å². The Bertz CT molecular complexity index is 595. The van der Waals surface area contributed by atoms with Crippen LogP contribution >= 0.6 is 0 Å². The molecule has 0 amide bonds. The fourth-order valence-corrected chi connectivity index (χ4v) is 7.82. The number of hydrogen-bond donors (Lipinski definition) is 0. The second-order valence-corrected chi connectivity index (χ2v) is 9.53. The number of ether oxygens (including phenoxy) is 1. The maximum atomic E-state index is 12.8. The molecule has 2 nitrogen and oxygen atoms in total. The molecule has 5 fully saturated rings. The van der Waals surface area contributed by atoms with E-state index in [1.54, 1.807) is 0 Å². The molecule has 120 valence electrons. The highest BCUT2D eigenvalue weighted by Crippen LogP contribution is 2.77. The van der Waals surface area contributed by atoms with Crippen molar-refractivity contribution < 1.29 is 9.53 Å². The third kappa shape index (κ3) is 1.16. The Kier molecular flexibility index (Phi) is 2.26. The van der Waals surface area contributed by atoms with E-state index in [2.05, 4.69) is 20.4 Å². The smallest absolute Gasteiger partial charge is 0.312 e. The molecule has 1 saturated heterocycles. The topological polar surface area (TPSA) is 26.3 Å². The molecular formula is C20H28O2. The van der Waals surface area contributed by atoms with Gasteiger partial charge in [0.15, 0.2) is 0 Å². The highest BCUT2D eigenvalue weighted by molar-refractivity contribution is 5.81.